The van der Waals surface area contributed by atoms with Crippen molar-refractivity contribution in [3.05, 3.63) is 83.4 Å². The number of aromatic carboxylic acids is 1. The average molecular weight is 603 g/mol. The third-order valence-electron chi connectivity index (χ3n) is 7.49. The molecule has 0 aliphatic rings. The molecule has 0 saturated carbocycles. The van der Waals surface area contributed by atoms with E-state index < -0.39 is 17.9 Å². The van der Waals surface area contributed by atoms with Crippen LogP contribution in [0.5, 0.6) is 11.5 Å². The van der Waals surface area contributed by atoms with Crippen LogP contribution in [0.1, 0.15) is 122 Å². The summed E-state index contributed by atoms with van der Waals surface area (Å²) in [4.78, 5) is 37.3. The molecule has 44 heavy (non-hydrogen) atoms. The first-order valence-electron chi connectivity index (χ1n) is 16.0. The summed E-state index contributed by atoms with van der Waals surface area (Å²) >= 11 is 0. The van der Waals surface area contributed by atoms with Crippen LogP contribution in [0.2, 0.25) is 0 Å². The second kappa shape index (κ2) is 18.5. The lowest BCUT2D eigenvalue weighted by Crippen LogP contribution is -2.15. The molecule has 0 aliphatic carbocycles. The van der Waals surface area contributed by atoms with E-state index in [0.29, 0.717) is 23.3 Å². The van der Waals surface area contributed by atoms with Crippen LogP contribution in [0.3, 0.4) is 0 Å². The Morgan fingerprint density at radius 1 is 0.682 bits per heavy atom. The van der Waals surface area contributed by atoms with E-state index in [1.165, 1.54) is 68.9 Å². The van der Waals surface area contributed by atoms with Crippen LogP contribution in [0.4, 0.5) is 0 Å². The molecule has 0 fully saturated rings. The molecule has 1 N–H and O–H groups in total. The highest BCUT2D eigenvalue weighted by molar-refractivity contribution is 6.00. The Morgan fingerprint density at radius 3 is 1.91 bits per heavy atom. The number of ether oxygens (including phenoxy) is 3. The van der Waals surface area contributed by atoms with Crippen LogP contribution < -0.4 is 9.47 Å². The quantitative estimate of drug-likeness (QED) is 0.0828. The van der Waals surface area contributed by atoms with Gasteiger partial charge < -0.3 is 19.3 Å². The molecule has 1 atom stereocenters. The number of carboxylic acid groups (broad SMARTS) is 1. The molecule has 7 nitrogen and oxygen atoms in total. The fourth-order valence-electron chi connectivity index (χ4n) is 4.88. The van der Waals surface area contributed by atoms with Crippen LogP contribution in [0, 0.1) is 0 Å². The molecule has 3 aromatic rings. The number of carboxylic acids is 1. The molecule has 236 valence electrons. The van der Waals surface area contributed by atoms with Gasteiger partial charge in [0.05, 0.1) is 29.4 Å². The molecular weight excluding hydrogens is 556 g/mol. The van der Waals surface area contributed by atoms with Gasteiger partial charge in [-0.05, 0) is 79.4 Å². The van der Waals surface area contributed by atoms with E-state index in [0.717, 1.165) is 37.9 Å². The first-order chi connectivity index (χ1) is 21.3. The third-order valence-corrected chi connectivity index (χ3v) is 7.49. The Kier molecular flexibility index (Phi) is 14.5. The fraction of sp³-hybridized carbons (Fsp3) is 0.432. The molecule has 0 aromatic heterocycles. The van der Waals surface area contributed by atoms with Gasteiger partial charge >= 0.3 is 17.9 Å². The zero-order valence-electron chi connectivity index (χ0n) is 26.3. The summed E-state index contributed by atoms with van der Waals surface area (Å²) in [6.45, 7) is 6.82. The first kappa shape index (κ1) is 34.4. The molecule has 0 radical (unpaired) electrons. The minimum Gasteiger partial charge on any atom is -0.494 e. The number of unbranched alkanes of at least 4 members (excludes halogenated alkanes) is 8. The van der Waals surface area contributed by atoms with Crippen LogP contribution in [0.15, 0.2) is 66.7 Å². The number of benzene rings is 3. The standard InChI is InChI=1S/C37H46O7/c1-4-6-8-9-10-11-12-13-25-42-31-20-15-28(16-21-31)33-24-19-30(26-34(33)35(38)39)37(41)44-32-22-17-29(18-23-32)36(40)43-27(3)14-7-5-2/h15-24,26-27H,4-14,25H2,1-3H3,(H,38,39)/t27-/m1/s1. The molecule has 0 heterocycles. The van der Waals surface area contributed by atoms with E-state index in [1.54, 1.807) is 12.1 Å². The molecule has 0 aliphatic heterocycles. The van der Waals surface area contributed by atoms with Crippen LogP contribution in [-0.4, -0.2) is 35.7 Å². The topological polar surface area (TPSA) is 99.1 Å². The van der Waals surface area contributed by atoms with Crippen LogP contribution in [0.25, 0.3) is 11.1 Å². The van der Waals surface area contributed by atoms with Gasteiger partial charge in [0.2, 0.25) is 0 Å². The van der Waals surface area contributed by atoms with E-state index in [2.05, 4.69) is 13.8 Å². The van der Waals surface area contributed by atoms with E-state index in [4.69, 9.17) is 14.2 Å². The van der Waals surface area contributed by atoms with Crippen molar-refractivity contribution in [2.75, 3.05) is 6.61 Å². The summed E-state index contributed by atoms with van der Waals surface area (Å²) in [5, 5.41) is 9.90. The van der Waals surface area contributed by atoms with Crippen molar-refractivity contribution in [3.8, 4) is 22.6 Å². The van der Waals surface area contributed by atoms with Gasteiger partial charge in [-0.3, -0.25) is 0 Å². The van der Waals surface area contributed by atoms with Crippen molar-refractivity contribution in [2.45, 2.75) is 97.5 Å². The van der Waals surface area contributed by atoms with Crippen LogP contribution in [-0.2, 0) is 4.74 Å². The van der Waals surface area contributed by atoms with E-state index in [9.17, 15) is 19.5 Å². The predicted molar refractivity (Wildman–Crippen MR) is 173 cm³/mol. The van der Waals surface area contributed by atoms with Crippen LogP contribution >= 0.6 is 0 Å². The summed E-state index contributed by atoms with van der Waals surface area (Å²) in [6.07, 6.45) is 12.5. The fourth-order valence-corrected chi connectivity index (χ4v) is 4.88. The Hall–Kier alpha value is -4.13. The Balaban J connectivity index is 1.55. The van der Waals surface area contributed by atoms with Crippen molar-refractivity contribution >= 4 is 17.9 Å². The molecular formula is C37H46O7. The van der Waals surface area contributed by atoms with Crippen molar-refractivity contribution < 1.29 is 33.7 Å². The number of carbonyl (C=O) groups is 3. The zero-order valence-corrected chi connectivity index (χ0v) is 26.3. The van der Waals surface area contributed by atoms with Gasteiger partial charge in [-0.1, -0.05) is 89.8 Å². The number of hydrogen-bond donors (Lipinski definition) is 1. The Labute approximate surface area is 261 Å². The van der Waals surface area contributed by atoms with Gasteiger partial charge in [0.15, 0.2) is 0 Å². The van der Waals surface area contributed by atoms with E-state index in [-0.39, 0.29) is 23.0 Å². The first-order valence-corrected chi connectivity index (χ1v) is 16.0. The summed E-state index contributed by atoms with van der Waals surface area (Å²) in [7, 11) is 0. The van der Waals surface area contributed by atoms with Gasteiger partial charge in [0.25, 0.3) is 0 Å². The number of rotatable bonds is 19. The highest BCUT2D eigenvalue weighted by atomic mass is 16.5. The predicted octanol–water partition coefficient (Wildman–Crippen LogP) is 9.53. The third kappa shape index (κ3) is 11.2. The minimum absolute atomic E-state index is 0.0117. The number of carbonyl (C=O) groups excluding carboxylic acids is 2. The van der Waals surface area contributed by atoms with Gasteiger partial charge in [0, 0.05) is 0 Å². The molecule has 3 rings (SSSR count). The van der Waals surface area contributed by atoms with E-state index >= 15 is 0 Å². The maximum absolute atomic E-state index is 12.8. The lowest BCUT2D eigenvalue weighted by molar-refractivity contribution is 0.0320. The Morgan fingerprint density at radius 2 is 1.27 bits per heavy atom. The van der Waals surface area contributed by atoms with Gasteiger partial charge in [-0.25, -0.2) is 14.4 Å². The zero-order chi connectivity index (χ0) is 31.7. The summed E-state index contributed by atoms with van der Waals surface area (Å²) in [6, 6.07) is 17.9. The summed E-state index contributed by atoms with van der Waals surface area (Å²) in [5.41, 5.74) is 1.63. The maximum Gasteiger partial charge on any atom is 0.343 e. The average Bonchev–Trinajstić information content (AvgIpc) is 3.03. The minimum atomic E-state index is -1.15. The normalized spacial score (nSPS) is 11.5. The SMILES string of the molecule is CCCCCCCCCCOc1ccc(-c2ccc(C(=O)Oc3ccc(C(=O)O[C@H](C)CCCC)cc3)cc2C(=O)O)cc1. The maximum atomic E-state index is 12.8. The van der Waals surface area contributed by atoms with E-state index in [1.807, 2.05) is 31.2 Å². The Bertz CT molecular complexity index is 1330. The molecule has 0 amide bonds. The summed E-state index contributed by atoms with van der Waals surface area (Å²) in [5.74, 6) is -1.32. The highest BCUT2D eigenvalue weighted by Crippen LogP contribution is 2.28. The van der Waals surface area contributed by atoms with Crippen molar-refractivity contribution in [2.24, 2.45) is 0 Å². The smallest absolute Gasteiger partial charge is 0.343 e. The summed E-state index contributed by atoms with van der Waals surface area (Å²) < 4.78 is 16.8. The monoisotopic (exact) mass is 602 g/mol. The molecule has 0 bridgehead atoms. The van der Waals surface area contributed by atoms with Crippen molar-refractivity contribution in [1.82, 2.24) is 0 Å². The molecule has 3 aromatic carbocycles. The second-order valence-corrected chi connectivity index (χ2v) is 11.2. The second-order valence-electron chi connectivity index (χ2n) is 11.2. The molecule has 0 unspecified atom stereocenters. The number of esters is 2. The lowest BCUT2D eigenvalue weighted by Gasteiger charge is -2.13. The number of hydrogen-bond acceptors (Lipinski definition) is 6. The van der Waals surface area contributed by atoms with Crippen molar-refractivity contribution in [3.63, 3.8) is 0 Å². The van der Waals surface area contributed by atoms with Gasteiger partial charge in [-0.2, -0.15) is 0 Å². The largest absolute Gasteiger partial charge is 0.494 e. The van der Waals surface area contributed by atoms with Gasteiger partial charge in [-0.15, -0.1) is 0 Å². The van der Waals surface area contributed by atoms with Gasteiger partial charge in [0.1, 0.15) is 11.5 Å². The molecule has 0 saturated heterocycles. The molecule has 0 spiro atoms. The van der Waals surface area contributed by atoms with Crippen molar-refractivity contribution in [1.29, 1.82) is 0 Å². The molecule has 7 heteroatoms. The highest BCUT2D eigenvalue weighted by Gasteiger charge is 2.18. The lowest BCUT2D eigenvalue weighted by atomic mass is 9.97.